The Morgan fingerprint density at radius 1 is 1.56 bits per heavy atom. The summed E-state index contributed by atoms with van der Waals surface area (Å²) in [6.07, 6.45) is 1.58. The Morgan fingerprint density at radius 2 is 2.22 bits per heavy atom. The quantitative estimate of drug-likeness (QED) is 0.512. The Balaban J connectivity index is 0.00000162. The van der Waals surface area contributed by atoms with Gasteiger partial charge in [0.15, 0.2) is 0 Å². The van der Waals surface area contributed by atoms with Crippen LogP contribution >= 0.6 is 12.4 Å². The first-order valence-corrected chi connectivity index (χ1v) is 5.02. The summed E-state index contributed by atoms with van der Waals surface area (Å²) in [7, 11) is 0. The van der Waals surface area contributed by atoms with Gasteiger partial charge in [0.2, 0.25) is 5.91 Å². The number of rotatable bonds is 3. The average molecular weight is 270 g/mol. The summed E-state index contributed by atoms with van der Waals surface area (Å²) in [5.74, 6) is -0.264. The summed E-state index contributed by atoms with van der Waals surface area (Å²) in [5, 5.41) is 10.6. The van der Waals surface area contributed by atoms with E-state index < -0.39 is 11.0 Å². The number of non-ortho nitro benzene ring substituents is 1. The molecule has 1 aromatic rings. The average Bonchev–Trinajstić information content (AvgIpc) is 2.54. The van der Waals surface area contributed by atoms with Crippen molar-refractivity contribution in [1.29, 1.82) is 0 Å². The number of anilines is 1. The topological polar surface area (TPSA) is 89.5 Å². The predicted molar refractivity (Wildman–Crippen MR) is 69.8 cm³/mol. The van der Waals surface area contributed by atoms with Crippen molar-refractivity contribution in [2.45, 2.75) is 6.04 Å². The van der Waals surface area contributed by atoms with Gasteiger partial charge in [-0.2, -0.15) is 0 Å². The molecule has 0 radical (unpaired) electrons. The molecule has 0 aliphatic carbocycles. The molecule has 2 rings (SSSR count). The number of amides is 1. The van der Waals surface area contributed by atoms with Crippen LogP contribution in [0.4, 0.5) is 11.4 Å². The Morgan fingerprint density at radius 3 is 2.78 bits per heavy atom. The molecule has 1 atom stereocenters. The molecule has 0 saturated heterocycles. The van der Waals surface area contributed by atoms with Crippen molar-refractivity contribution >= 4 is 29.7 Å². The van der Waals surface area contributed by atoms with Gasteiger partial charge in [-0.1, -0.05) is 6.08 Å². The van der Waals surface area contributed by atoms with E-state index in [-0.39, 0.29) is 24.0 Å². The lowest BCUT2D eigenvalue weighted by atomic mass is 10.1. The minimum Gasteiger partial charge on any atom is -0.316 e. The zero-order valence-corrected chi connectivity index (χ0v) is 10.2. The fourth-order valence-corrected chi connectivity index (χ4v) is 1.89. The maximum atomic E-state index is 11.8. The van der Waals surface area contributed by atoms with Gasteiger partial charge >= 0.3 is 0 Å². The largest absolute Gasteiger partial charge is 0.316 e. The van der Waals surface area contributed by atoms with Crippen LogP contribution < -0.4 is 10.6 Å². The summed E-state index contributed by atoms with van der Waals surface area (Å²) in [6.45, 7) is 3.90. The first-order valence-electron chi connectivity index (χ1n) is 5.02. The number of hydrogen-bond acceptors (Lipinski definition) is 4. The molecule has 6 nitrogen and oxygen atoms in total. The Hall–Kier alpha value is -1.92. The number of nitro groups is 1. The summed E-state index contributed by atoms with van der Waals surface area (Å²) in [6, 6.07) is 3.42. The molecule has 1 heterocycles. The number of carbonyl (C=O) groups excluding carboxylic acids is 1. The van der Waals surface area contributed by atoms with Gasteiger partial charge in [-0.3, -0.25) is 14.9 Å². The van der Waals surface area contributed by atoms with Crippen molar-refractivity contribution in [2.75, 3.05) is 11.4 Å². The molecule has 0 saturated carbocycles. The standard InChI is InChI=1S/C11H11N3O3.ClH/c1-2-5-13-9-4-3-7(14(16)17)6-8(9)10(12)11(13)15;/h2-4,6,10H,1,5,12H2;1H. The van der Waals surface area contributed by atoms with Crippen LogP contribution in [0.2, 0.25) is 0 Å². The molecular formula is C11H12ClN3O3. The fraction of sp³-hybridized carbons (Fsp3) is 0.182. The number of benzene rings is 1. The second-order valence-corrected chi connectivity index (χ2v) is 3.72. The van der Waals surface area contributed by atoms with Crippen molar-refractivity contribution in [1.82, 2.24) is 0 Å². The molecule has 0 fully saturated rings. The van der Waals surface area contributed by atoms with Crippen molar-refractivity contribution in [3.05, 3.63) is 46.5 Å². The number of hydrogen-bond donors (Lipinski definition) is 1. The van der Waals surface area contributed by atoms with Crippen LogP contribution in [0.5, 0.6) is 0 Å². The molecule has 1 aromatic carbocycles. The maximum Gasteiger partial charge on any atom is 0.269 e. The highest BCUT2D eigenvalue weighted by Gasteiger charge is 2.35. The second-order valence-electron chi connectivity index (χ2n) is 3.72. The van der Waals surface area contributed by atoms with Crippen LogP contribution in [0, 0.1) is 10.1 Å². The zero-order chi connectivity index (χ0) is 12.6. The lowest BCUT2D eigenvalue weighted by Crippen LogP contribution is -2.31. The second kappa shape index (κ2) is 5.16. The Labute approximate surface area is 110 Å². The molecule has 1 unspecified atom stereocenters. The monoisotopic (exact) mass is 269 g/mol. The zero-order valence-electron chi connectivity index (χ0n) is 9.41. The highest BCUT2D eigenvalue weighted by Crippen LogP contribution is 2.36. The highest BCUT2D eigenvalue weighted by molar-refractivity contribution is 6.04. The number of nitro benzene ring substituents is 1. The van der Waals surface area contributed by atoms with E-state index in [1.165, 1.54) is 17.0 Å². The van der Waals surface area contributed by atoms with Gasteiger partial charge in [0, 0.05) is 29.9 Å². The molecular weight excluding hydrogens is 258 g/mol. The first kappa shape index (κ1) is 14.1. The normalized spacial score (nSPS) is 17.1. The van der Waals surface area contributed by atoms with E-state index in [4.69, 9.17) is 5.73 Å². The van der Waals surface area contributed by atoms with Crippen LogP contribution in [0.1, 0.15) is 11.6 Å². The van der Waals surface area contributed by atoms with Crippen LogP contribution in [0.3, 0.4) is 0 Å². The molecule has 18 heavy (non-hydrogen) atoms. The molecule has 7 heteroatoms. The van der Waals surface area contributed by atoms with E-state index in [9.17, 15) is 14.9 Å². The van der Waals surface area contributed by atoms with Gasteiger partial charge in [-0.05, 0) is 6.07 Å². The van der Waals surface area contributed by atoms with E-state index in [2.05, 4.69) is 6.58 Å². The number of fused-ring (bicyclic) bond motifs is 1. The van der Waals surface area contributed by atoms with Gasteiger partial charge in [-0.15, -0.1) is 19.0 Å². The lowest BCUT2D eigenvalue weighted by Gasteiger charge is -2.14. The van der Waals surface area contributed by atoms with E-state index in [1.807, 2.05) is 0 Å². The van der Waals surface area contributed by atoms with Crippen molar-refractivity contribution < 1.29 is 9.72 Å². The van der Waals surface area contributed by atoms with Crippen molar-refractivity contribution in [3.63, 3.8) is 0 Å². The Kier molecular flexibility index (Phi) is 4.05. The SMILES string of the molecule is C=CCN1C(=O)C(N)c2cc([N+](=O)[O-])ccc21.Cl. The Bertz CT molecular complexity index is 518. The van der Waals surface area contributed by atoms with E-state index in [0.717, 1.165) is 0 Å². The van der Waals surface area contributed by atoms with Gasteiger partial charge in [0.05, 0.1) is 4.92 Å². The molecule has 1 aliphatic heterocycles. The van der Waals surface area contributed by atoms with Crippen molar-refractivity contribution in [2.24, 2.45) is 5.73 Å². The molecule has 2 N–H and O–H groups in total. The van der Waals surface area contributed by atoms with Crippen LogP contribution in [0.25, 0.3) is 0 Å². The van der Waals surface area contributed by atoms with E-state index >= 15 is 0 Å². The third-order valence-electron chi connectivity index (χ3n) is 2.69. The van der Waals surface area contributed by atoms with E-state index in [0.29, 0.717) is 17.8 Å². The summed E-state index contributed by atoms with van der Waals surface area (Å²) in [5.41, 5.74) is 6.78. The fourth-order valence-electron chi connectivity index (χ4n) is 1.89. The summed E-state index contributed by atoms with van der Waals surface area (Å²) in [4.78, 5) is 23.4. The number of halogens is 1. The molecule has 0 spiro atoms. The molecule has 0 aromatic heterocycles. The predicted octanol–water partition coefficient (Wildman–Crippen LogP) is 1.55. The van der Waals surface area contributed by atoms with Crippen molar-refractivity contribution in [3.8, 4) is 0 Å². The number of carbonyl (C=O) groups is 1. The van der Waals surface area contributed by atoms with Gasteiger partial charge in [0.25, 0.3) is 5.69 Å². The minimum atomic E-state index is -0.829. The van der Waals surface area contributed by atoms with Crippen LogP contribution in [-0.4, -0.2) is 17.4 Å². The highest BCUT2D eigenvalue weighted by atomic mass is 35.5. The van der Waals surface area contributed by atoms with Gasteiger partial charge in [-0.25, -0.2) is 0 Å². The first-order chi connectivity index (χ1) is 8.06. The summed E-state index contributed by atoms with van der Waals surface area (Å²) >= 11 is 0. The smallest absolute Gasteiger partial charge is 0.269 e. The third-order valence-corrected chi connectivity index (χ3v) is 2.69. The van der Waals surface area contributed by atoms with Gasteiger partial charge < -0.3 is 10.6 Å². The third kappa shape index (κ3) is 2.07. The lowest BCUT2D eigenvalue weighted by molar-refractivity contribution is -0.384. The molecule has 96 valence electrons. The molecule has 1 aliphatic rings. The van der Waals surface area contributed by atoms with E-state index in [1.54, 1.807) is 12.1 Å². The number of nitrogens with two attached hydrogens (primary N) is 1. The van der Waals surface area contributed by atoms with Crippen LogP contribution in [0.15, 0.2) is 30.9 Å². The molecule has 0 bridgehead atoms. The van der Waals surface area contributed by atoms with Gasteiger partial charge in [0.1, 0.15) is 6.04 Å². The number of nitrogens with zero attached hydrogens (tertiary/aromatic N) is 2. The molecule has 1 amide bonds. The summed E-state index contributed by atoms with van der Waals surface area (Å²) < 4.78 is 0. The maximum absolute atomic E-state index is 11.8. The van der Waals surface area contributed by atoms with Crippen LogP contribution in [-0.2, 0) is 4.79 Å². The minimum absolute atomic E-state index is 0.